The summed E-state index contributed by atoms with van der Waals surface area (Å²) in [5.74, 6) is -0.430. The van der Waals surface area contributed by atoms with E-state index in [-0.39, 0.29) is 36.7 Å². The predicted molar refractivity (Wildman–Crippen MR) is 193 cm³/mol. The molecule has 274 valence electrons. The molecule has 4 N–H and O–H groups in total. The fourth-order valence-electron chi connectivity index (χ4n) is 8.04. The number of hydrogen-bond donors (Lipinski definition) is 4. The Morgan fingerprint density at radius 2 is 1.63 bits per heavy atom. The van der Waals surface area contributed by atoms with Crippen molar-refractivity contribution in [2.75, 3.05) is 70.8 Å². The van der Waals surface area contributed by atoms with E-state index in [4.69, 9.17) is 9.94 Å². The molecule has 3 saturated heterocycles. The molecular formula is C36H50BN7O7. The lowest BCUT2D eigenvalue weighted by Crippen LogP contribution is -2.57. The number of hydrogen-bond acceptors (Lipinski definition) is 9. The summed E-state index contributed by atoms with van der Waals surface area (Å²) >= 11 is 0. The molecule has 0 aliphatic carbocycles. The molecule has 6 rings (SSSR count). The second-order valence-electron chi connectivity index (χ2n) is 14.3. The number of aromatic hydroxyl groups is 1. The van der Waals surface area contributed by atoms with E-state index < -0.39 is 18.1 Å². The number of phenolic OH excluding ortho intramolecular Hbond substituents is 1. The monoisotopic (exact) mass is 703 g/mol. The molecule has 4 heterocycles. The molecule has 4 aliphatic heterocycles. The molecule has 2 aromatic rings. The molecule has 0 radical (unpaired) electrons. The largest absolute Gasteiger partial charge is 0.508 e. The number of likely N-dealkylation sites (tertiary alicyclic amines) is 2. The minimum atomic E-state index is -1.03. The zero-order chi connectivity index (χ0) is 36.1. The van der Waals surface area contributed by atoms with Crippen LogP contribution in [0.2, 0.25) is 0 Å². The second kappa shape index (κ2) is 16.3. The standard InChI is InChI=1S/C36H50BN7O7/c1-24-20-25(21-29(37)33(24)46)22-31(34(47)42-18-16-41(17-19-42)27-7-11-40(12-8-27)23-32(45)39-50)51-36(49)43-13-9-28(10-14-43)44-15-6-26-4-2-3-5-30(26)38-35(44)48/h2-5,20-21,27-28,31,46,50H,6-19,22-23,37H2,1H3,(H,38,48)(H,39,45)/t31-/m1/s1. The van der Waals surface area contributed by atoms with Gasteiger partial charge in [-0.15, -0.1) is 0 Å². The number of carbonyl (C=O) groups excluding carboxylic acids is 4. The van der Waals surface area contributed by atoms with E-state index in [9.17, 15) is 24.3 Å². The first-order valence-electron chi connectivity index (χ1n) is 18.2. The van der Waals surface area contributed by atoms with Crippen molar-refractivity contribution in [1.29, 1.82) is 0 Å². The van der Waals surface area contributed by atoms with Crippen LogP contribution in [-0.4, -0.2) is 150 Å². The van der Waals surface area contributed by atoms with Crippen molar-refractivity contribution in [2.24, 2.45) is 0 Å². The molecule has 0 bridgehead atoms. The summed E-state index contributed by atoms with van der Waals surface area (Å²) in [6.45, 7) is 7.39. The van der Waals surface area contributed by atoms with Crippen molar-refractivity contribution >= 4 is 42.9 Å². The van der Waals surface area contributed by atoms with Crippen molar-refractivity contribution in [3.63, 3.8) is 0 Å². The lowest BCUT2D eigenvalue weighted by Gasteiger charge is -2.43. The second-order valence-corrected chi connectivity index (χ2v) is 14.3. The molecule has 0 aromatic heterocycles. The first-order chi connectivity index (χ1) is 24.6. The highest BCUT2D eigenvalue weighted by molar-refractivity contribution is 6.34. The highest BCUT2D eigenvalue weighted by atomic mass is 16.6. The number of hydroxylamine groups is 1. The Hall–Kier alpha value is -4.34. The first kappa shape index (κ1) is 36.5. The topological polar surface area (TPSA) is 158 Å². The summed E-state index contributed by atoms with van der Waals surface area (Å²) in [5.41, 5.74) is 5.85. The van der Waals surface area contributed by atoms with Crippen molar-refractivity contribution in [2.45, 2.75) is 63.6 Å². The molecule has 1 atom stereocenters. The van der Waals surface area contributed by atoms with Crippen LogP contribution >= 0.6 is 0 Å². The number of piperazine rings is 1. The van der Waals surface area contributed by atoms with Gasteiger partial charge in [0.2, 0.25) is 0 Å². The molecule has 3 fully saturated rings. The van der Waals surface area contributed by atoms with Crippen LogP contribution in [0.1, 0.15) is 42.4 Å². The Morgan fingerprint density at radius 3 is 2.31 bits per heavy atom. The van der Waals surface area contributed by atoms with Gasteiger partial charge >= 0.3 is 12.1 Å². The Morgan fingerprint density at radius 1 is 0.941 bits per heavy atom. The van der Waals surface area contributed by atoms with Gasteiger partial charge in [0.15, 0.2) is 6.10 Å². The highest BCUT2D eigenvalue weighted by Crippen LogP contribution is 2.26. The number of phenols is 1. The molecule has 0 spiro atoms. The third kappa shape index (κ3) is 8.77. The lowest BCUT2D eigenvalue weighted by molar-refractivity contribution is -0.143. The molecule has 0 saturated carbocycles. The van der Waals surface area contributed by atoms with Gasteiger partial charge in [-0.05, 0) is 67.2 Å². The molecule has 5 amide bonds. The van der Waals surface area contributed by atoms with Gasteiger partial charge in [-0.1, -0.05) is 30.3 Å². The number of fused-ring (bicyclic) bond motifs is 1. The number of nitrogens with one attached hydrogen (secondary N) is 2. The van der Waals surface area contributed by atoms with E-state index in [0.29, 0.717) is 75.7 Å². The van der Waals surface area contributed by atoms with Crippen LogP contribution in [0.15, 0.2) is 36.4 Å². The number of urea groups is 1. The van der Waals surface area contributed by atoms with Gasteiger partial charge in [-0.3, -0.25) is 24.6 Å². The minimum absolute atomic E-state index is 0.00712. The molecule has 14 nitrogen and oxygen atoms in total. The maximum atomic E-state index is 14.1. The zero-order valence-electron chi connectivity index (χ0n) is 29.7. The lowest BCUT2D eigenvalue weighted by atomic mass is 9.89. The summed E-state index contributed by atoms with van der Waals surface area (Å²) in [7, 11) is 1.81. The number of para-hydroxylation sites is 1. The minimum Gasteiger partial charge on any atom is -0.508 e. The Bertz CT molecular complexity index is 1560. The zero-order valence-corrected chi connectivity index (χ0v) is 29.7. The smallest absolute Gasteiger partial charge is 0.410 e. The predicted octanol–water partition coefficient (Wildman–Crippen LogP) is 0.675. The number of aryl methyl sites for hydroxylation is 1. The quantitative estimate of drug-likeness (QED) is 0.176. The fraction of sp³-hybridized carbons (Fsp3) is 0.556. The average Bonchev–Trinajstić information content (AvgIpc) is 3.31. The molecule has 51 heavy (non-hydrogen) atoms. The summed E-state index contributed by atoms with van der Waals surface area (Å²) in [6.07, 6.45) is 2.42. The Balaban J connectivity index is 1.06. The van der Waals surface area contributed by atoms with Gasteiger partial charge in [0.1, 0.15) is 13.6 Å². The summed E-state index contributed by atoms with van der Waals surface area (Å²) < 4.78 is 6.05. The van der Waals surface area contributed by atoms with E-state index in [1.807, 2.05) is 61.0 Å². The maximum absolute atomic E-state index is 14.1. The van der Waals surface area contributed by atoms with E-state index in [2.05, 4.69) is 10.2 Å². The van der Waals surface area contributed by atoms with Crippen LogP contribution in [-0.2, 0) is 27.2 Å². The van der Waals surface area contributed by atoms with Crippen LogP contribution in [0.3, 0.4) is 0 Å². The van der Waals surface area contributed by atoms with E-state index >= 15 is 0 Å². The molecule has 2 aromatic carbocycles. The van der Waals surface area contributed by atoms with Crippen LogP contribution in [0.25, 0.3) is 0 Å². The number of anilines is 1. The van der Waals surface area contributed by atoms with E-state index in [0.717, 1.165) is 49.2 Å². The number of nitrogens with zero attached hydrogens (tertiary/aromatic N) is 5. The summed E-state index contributed by atoms with van der Waals surface area (Å²) in [5, 5.41) is 22.2. The Labute approximate surface area is 300 Å². The molecule has 0 unspecified atom stereocenters. The SMILES string of the molecule is Bc1cc(C[C@@H](OC(=O)N2CCC(N3CCc4ccccc4NC3=O)CC2)C(=O)N2CCN(C3CCN(CC(=O)NO)CC3)CC2)cc(C)c1O. The van der Waals surface area contributed by atoms with Gasteiger partial charge in [0.25, 0.3) is 11.8 Å². The third-order valence-electron chi connectivity index (χ3n) is 11.0. The van der Waals surface area contributed by atoms with Crippen LogP contribution in [0, 0.1) is 6.92 Å². The van der Waals surface area contributed by atoms with Crippen LogP contribution in [0.5, 0.6) is 5.75 Å². The number of amides is 5. The maximum Gasteiger partial charge on any atom is 0.410 e. The summed E-state index contributed by atoms with van der Waals surface area (Å²) in [4.78, 5) is 62.1. The average molecular weight is 704 g/mol. The van der Waals surface area contributed by atoms with Crippen molar-refractivity contribution in [3.05, 3.63) is 53.1 Å². The van der Waals surface area contributed by atoms with Crippen molar-refractivity contribution < 1.29 is 34.2 Å². The number of benzene rings is 2. The van der Waals surface area contributed by atoms with E-state index in [1.54, 1.807) is 15.3 Å². The first-order valence-corrected chi connectivity index (χ1v) is 18.2. The molecular weight excluding hydrogens is 653 g/mol. The highest BCUT2D eigenvalue weighted by Gasteiger charge is 2.36. The Kier molecular flexibility index (Phi) is 11.7. The van der Waals surface area contributed by atoms with Gasteiger partial charge in [0.05, 0.1) is 6.54 Å². The molecule has 15 heteroatoms. The number of carbonyl (C=O) groups is 4. The van der Waals surface area contributed by atoms with Gasteiger partial charge < -0.3 is 29.9 Å². The summed E-state index contributed by atoms with van der Waals surface area (Å²) in [6, 6.07) is 11.7. The number of ether oxygens (including phenoxy) is 1. The fourth-order valence-corrected chi connectivity index (χ4v) is 8.04. The van der Waals surface area contributed by atoms with Crippen LogP contribution in [0.4, 0.5) is 15.3 Å². The van der Waals surface area contributed by atoms with Crippen molar-refractivity contribution in [1.82, 2.24) is 30.0 Å². The normalized spacial score (nSPS) is 20.3. The number of piperidine rings is 2. The van der Waals surface area contributed by atoms with Gasteiger partial charge in [0, 0.05) is 83.1 Å². The van der Waals surface area contributed by atoms with Crippen LogP contribution < -0.4 is 16.3 Å². The molecule has 4 aliphatic rings. The van der Waals surface area contributed by atoms with Crippen molar-refractivity contribution in [3.8, 4) is 5.75 Å². The number of rotatable bonds is 8. The van der Waals surface area contributed by atoms with Gasteiger partial charge in [-0.25, -0.2) is 15.1 Å². The van der Waals surface area contributed by atoms with E-state index in [1.165, 1.54) is 0 Å². The van der Waals surface area contributed by atoms with Gasteiger partial charge in [-0.2, -0.15) is 0 Å². The third-order valence-corrected chi connectivity index (χ3v) is 11.0.